The van der Waals surface area contributed by atoms with E-state index >= 15 is 0 Å². The summed E-state index contributed by atoms with van der Waals surface area (Å²) in [5.41, 5.74) is 0.828. The summed E-state index contributed by atoms with van der Waals surface area (Å²) < 4.78 is 54.7. The summed E-state index contributed by atoms with van der Waals surface area (Å²) in [6.07, 6.45) is -3.39. The van der Waals surface area contributed by atoms with Gasteiger partial charge in [0.1, 0.15) is 11.6 Å². The van der Waals surface area contributed by atoms with Gasteiger partial charge in [-0.3, -0.25) is 0 Å². The molecule has 0 fully saturated rings. The van der Waals surface area contributed by atoms with E-state index in [0.717, 1.165) is 18.2 Å². The Morgan fingerprint density at radius 2 is 1.81 bits per heavy atom. The monoisotopic (exact) mass is 316 g/mol. The van der Waals surface area contributed by atoms with E-state index in [-0.39, 0.29) is 16.1 Å². The lowest BCUT2D eigenvalue weighted by atomic mass is 10.0. The van der Waals surface area contributed by atoms with E-state index in [0.29, 0.717) is 5.56 Å². The van der Waals surface area contributed by atoms with Crippen LogP contribution >= 0.6 is 11.6 Å². The molecular formula is C15H9ClF4O. The Labute approximate surface area is 123 Å². The average molecular weight is 317 g/mol. The van der Waals surface area contributed by atoms with Gasteiger partial charge in [-0.05, 0) is 41.5 Å². The van der Waals surface area contributed by atoms with Crippen LogP contribution in [-0.2, 0) is 0 Å². The van der Waals surface area contributed by atoms with Gasteiger partial charge in [0, 0.05) is 10.6 Å². The van der Waals surface area contributed by atoms with Gasteiger partial charge in [-0.15, -0.1) is 13.2 Å². The lowest BCUT2D eigenvalue weighted by Crippen LogP contribution is -2.17. The molecule has 1 nitrogen and oxygen atoms in total. The second-order valence-corrected chi connectivity index (χ2v) is 4.60. The van der Waals surface area contributed by atoms with Crippen LogP contribution < -0.4 is 4.74 Å². The van der Waals surface area contributed by atoms with Crippen molar-refractivity contribution in [3.8, 4) is 16.9 Å². The average Bonchev–Trinajstić information content (AvgIpc) is 2.36. The molecule has 0 amide bonds. The predicted molar refractivity (Wildman–Crippen MR) is 73.6 cm³/mol. The predicted octanol–water partition coefficient (Wildman–Crippen LogP) is 5.69. The van der Waals surface area contributed by atoms with E-state index in [4.69, 9.17) is 11.6 Å². The molecule has 110 valence electrons. The van der Waals surface area contributed by atoms with Crippen LogP contribution in [0.1, 0.15) is 5.56 Å². The molecule has 2 aromatic carbocycles. The van der Waals surface area contributed by atoms with Crippen LogP contribution in [0.3, 0.4) is 0 Å². The van der Waals surface area contributed by atoms with Gasteiger partial charge in [-0.1, -0.05) is 30.3 Å². The summed E-state index contributed by atoms with van der Waals surface area (Å²) in [6, 6.07) is 7.48. The highest BCUT2D eigenvalue weighted by molar-refractivity contribution is 6.30. The Morgan fingerprint density at radius 3 is 2.38 bits per heavy atom. The highest BCUT2D eigenvalue weighted by Gasteiger charge is 2.32. The van der Waals surface area contributed by atoms with Crippen molar-refractivity contribution in [2.75, 3.05) is 0 Å². The molecule has 0 radical (unpaired) electrons. The molecule has 0 N–H and O–H groups in total. The Kier molecular flexibility index (Phi) is 4.23. The zero-order valence-electron chi connectivity index (χ0n) is 10.5. The fourth-order valence-corrected chi connectivity index (χ4v) is 2.04. The van der Waals surface area contributed by atoms with E-state index in [1.807, 2.05) is 0 Å². The topological polar surface area (TPSA) is 9.23 Å². The minimum absolute atomic E-state index is 0.0751. The van der Waals surface area contributed by atoms with E-state index in [1.54, 1.807) is 0 Å². The standard InChI is InChI=1S/C15H9ClF4O/c1-2-9-3-4-14(21-15(18,19)20)13(5-9)10-6-11(16)8-12(17)7-10/h2-8H,1H2. The van der Waals surface area contributed by atoms with Gasteiger partial charge < -0.3 is 4.74 Å². The molecule has 0 aliphatic carbocycles. The van der Waals surface area contributed by atoms with Gasteiger partial charge in [0.15, 0.2) is 0 Å². The molecule has 21 heavy (non-hydrogen) atoms. The highest BCUT2D eigenvalue weighted by atomic mass is 35.5. The maximum atomic E-state index is 13.4. The highest BCUT2D eigenvalue weighted by Crippen LogP contribution is 2.36. The first-order valence-corrected chi connectivity index (χ1v) is 6.15. The van der Waals surface area contributed by atoms with Crippen LogP contribution in [-0.4, -0.2) is 6.36 Å². The van der Waals surface area contributed by atoms with Crippen molar-refractivity contribution in [2.24, 2.45) is 0 Å². The van der Waals surface area contributed by atoms with Crippen molar-refractivity contribution in [1.29, 1.82) is 0 Å². The third-order valence-electron chi connectivity index (χ3n) is 2.64. The molecule has 0 bridgehead atoms. The Hall–Kier alpha value is -2.01. The maximum Gasteiger partial charge on any atom is 0.573 e. The second-order valence-electron chi connectivity index (χ2n) is 4.17. The summed E-state index contributed by atoms with van der Waals surface area (Å²) in [4.78, 5) is 0. The summed E-state index contributed by atoms with van der Waals surface area (Å²) in [7, 11) is 0. The summed E-state index contributed by atoms with van der Waals surface area (Å²) in [6.45, 7) is 3.54. The smallest absolute Gasteiger partial charge is 0.405 e. The van der Waals surface area contributed by atoms with E-state index in [9.17, 15) is 17.6 Å². The summed E-state index contributed by atoms with van der Waals surface area (Å²) in [5.74, 6) is -1.09. The van der Waals surface area contributed by atoms with Crippen LogP contribution in [0.2, 0.25) is 5.02 Å². The van der Waals surface area contributed by atoms with Gasteiger partial charge in [0.2, 0.25) is 0 Å². The summed E-state index contributed by atoms with van der Waals surface area (Å²) in [5, 5.41) is 0.0759. The first-order valence-electron chi connectivity index (χ1n) is 5.77. The number of alkyl halides is 3. The van der Waals surface area contributed by atoms with Crippen LogP contribution in [0.15, 0.2) is 43.0 Å². The first kappa shape index (κ1) is 15.4. The van der Waals surface area contributed by atoms with Gasteiger partial charge in [0.25, 0.3) is 0 Å². The molecule has 2 rings (SSSR count). The van der Waals surface area contributed by atoms with Crippen LogP contribution in [0.4, 0.5) is 17.6 Å². The normalized spacial score (nSPS) is 11.3. The van der Waals surface area contributed by atoms with Crippen LogP contribution in [0, 0.1) is 5.82 Å². The van der Waals surface area contributed by atoms with E-state index in [1.165, 1.54) is 24.3 Å². The molecular weight excluding hydrogens is 308 g/mol. The zero-order valence-corrected chi connectivity index (χ0v) is 11.3. The quantitative estimate of drug-likeness (QED) is 0.661. The van der Waals surface area contributed by atoms with Gasteiger partial charge in [-0.2, -0.15) is 0 Å². The number of rotatable bonds is 3. The van der Waals surface area contributed by atoms with Crippen LogP contribution in [0.25, 0.3) is 17.2 Å². The Morgan fingerprint density at radius 1 is 1.10 bits per heavy atom. The molecule has 0 aromatic heterocycles. The molecule has 0 unspecified atom stereocenters. The number of ether oxygens (including phenoxy) is 1. The molecule has 0 spiro atoms. The second kappa shape index (κ2) is 5.77. The van der Waals surface area contributed by atoms with Crippen molar-refractivity contribution < 1.29 is 22.3 Å². The lowest BCUT2D eigenvalue weighted by Gasteiger charge is -2.14. The van der Waals surface area contributed by atoms with Gasteiger partial charge in [0.05, 0.1) is 0 Å². The van der Waals surface area contributed by atoms with Crippen molar-refractivity contribution in [1.82, 2.24) is 0 Å². The molecule has 0 aliphatic rings. The third kappa shape index (κ3) is 3.98. The lowest BCUT2D eigenvalue weighted by molar-refractivity contribution is -0.274. The number of benzene rings is 2. The number of halogens is 5. The largest absolute Gasteiger partial charge is 0.573 e. The maximum absolute atomic E-state index is 13.4. The fraction of sp³-hybridized carbons (Fsp3) is 0.0667. The van der Waals surface area contributed by atoms with Crippen molar-refractivity contribution in [2.45, 2.75) is 6.36 Å². The molecule has 0 atom stereocenters. The molecule has 0 aliphatic heterocycles. The first-order chi connectivity index (χ1) is 9.78. The molecule has 0 saturated heterocycles. The number of hydrogen-bond donors (Lipinski definition) is 0. The zero-order chi connectivity index (χ0) is 15.6. The van der Waals surface area contributed by atoms with Crippen molar-refractivity contribution >= 4 is 17.7 Å². The summed E-state index contributed by atoms with van der Waals surface area (Å²) >= 11 is 5.74. The minimum atomic E-state index is -4.85. The Balaban J connectivity index is 2.60. The van der Waals surface area contributed by atoms with Gasteiger partial charge in [-0.25, -0.2) is 4.39 Å². The van der Waals surface area contributed by atoms with Gasteiger partial charge >= 0.3 is 6.36 Å². The molecule has 6 heteroatoms. The van der Waals surface area contributed by atoms with Crippen LogP contribution in [0.5, 0.6) is 5.75 Å². The third-order valence-corrected chi connectivity index (χ3v) is 2.86. The molecule has 2 aromatic rings. The fourth-order valence-electron chi connectivity index (χ4n) is 1.82. The van der Waals surface area contributed by atoms with E-state index in [2.05, 4.69) is 11.3 Å². The molecule has 0 saturated carbocycles. The Bertz CT molecular complexity index is 660. The van der Waals surface area contributed by atoms with Crippen molar-refractivity contribution in [3.63, 3.8) is 0 Å². The molecule has 0 heterocycles. The van der Waals surface area contributed by atoms with Crippen molar-refractivity contribution in [3.05, 3.63) is 59.4 Å². The SMILES string of the molecule is C=Cc1ccc(OC(F)(F)F)c(-c2cc(F)cc(Cl)c2)c1. The minimum Gasteiger partial charge on any atom is -0.405 e. The number of hydrogen-bond acceptors (Lipinski definition) is 1. The van der Waals surface area contributed by atoms with E-state index < -0.39 is 17.9 Å².